The van der Waals surface area contributed by atoms with E-state index in [1.807, 2.05) is 72.8 Å². The van der Waals surface area contributed by atoms with E-state index in [1.54, 1.807) is 14.2 Å². The molecule has 3 unspecified atom stereocenters. The molecular formula is C32H31NO6. The van der Waals surface area contributed by atoms with Gasteiger partial charge in [-0.15, -0.1) is 0 Å². The molecule has 1 N–H and O–H groups in total. The molecule has 0 fully saturated rings. The van der Waals surface area contributed by atoms with E-state index in [0.717, 1.165) is 16.8 Å². The number of ether oxygens (including phenoxy) is 4. The van der Waals surface area contributed by atoms with Gasteiger partial charge in [0.2, 0.25) is 0 Å². The van der Waals surface area contributed by atoms with Crippen molar-refractivity contribution < 1.29 is 28.5 Å². The number of para-hydroxylation sites is 1. The third-order valence-electron chi connectivity index (χ3n) is 7.37. The smallest absolute Gasteiger partial charge is 0.315 e. The summed E-state index contributed by atoms with van der Waals surface area (Å²) in [5, 5.41) is 3.30. The minimum Gasteiger partial charge on any atom is -0.493 e. The highest BCUT2D eigenvalue weighted by atomic mass is 16.5. The molecule has 7 nitrogen and oxygen atoms in total. The molecule has 3 atom stereocenters. The predicted octanol–water partition coefficient (Wildman–Crippen LogP) is 5.89. The van der Waals surface area contributed by atoms with E-state index in [2.05, 4.69) is 11.9 Å². The van der Waals surface area contributed by atoms with Crippen molar-refractivity contribution in [1.82, 2.24) is 5.32 Å². The lowest BCUT2D eigenvalue weighted by Gasteiger charge is -2.40. The number of hydrogen-bond acceptors (Lipinski definition) is 7. The van der Waals surface area contributed by atoms with E-state index in [-0.39, 0.29) is 11.7 Å². The average Bonchev–Trinajstić information content (AvgIpc) is 2.96. The molecule has 3 aromatic rings. The van der Waals surface area contributed by atoms with Crippen molar-refractivity contribution in [3.8, 4) is 23.0 Å². The Morgan fingerprint density at radius 3 is 2.31 bits per heavy atom. The Kier molecular flexibility index (Phi) is 7.41. The van der Waals surface area contributed by atoms with E-state index in [4.69, 9.17) is 18.9 Å². The van der Waals surface area contributed by atoms with E-state index in [1.165, 1.54) is 7.11 Å². The van der Waals surface area contributed by atoms with E-state index < -0.39 is 17.8 Å². The maximum absolute atomic E-state index is 13.8. The molecule has 2 aliphatic rings. The van der Waals surface area contributed by atoms with Crippen LogP contribution in [0.5, 0.6) is 23.0 Å². The van der Waals surface area contributed by atoms with Crippen LogP contribution >= 0.6 is 0 Å². The monoisotopic (exact) mass is 525 g/mol. The van der Waals surface area contributed by atoms with Gasteiger partial charge in [-0.25, -0.2) is 0 Å². The van der Waals surface area contributed by atoms with Crippen molar-refractivity contribution in [2.24, 2.45) is 5.92 Å². The van der Waals surface area contributed by atoms with Gasteiger partial charge in [0.15, 0.2) is 17.3 Å². The third kappa shape index (κ3) is 5.12. The van der Waals surface area contributed by atoms with Crippen LogP contribution in [0.3, 0.4) is 0 Å². The van der Waals surface area contributed by atoms with Crippen LogP contribution in [0, 0.1) is 5.92 Å². The van der Waals surface area contributed by atoms with Gasteiger partial charge in [0.05, 0.1) is 21.3 Å². The van der Waals surface area contributed by atoms with Crippen LogP contribution in [0.25, 0.3) is 0 Å². The number of methoxy groups -OCH3 is 3. The number of carbonyl (C=O) groups excluding carboxylic acids is 2. The van der Waals surface area contributed by atoms with Crippen molar-refractivity contribution in [2.75, 3.05) is 21.3 Å². The summed E-state index contributed by atoms with van der Waals surface area (Å²) < 4.78 is 22.1. The summed E-state index contributed by atoms with van der Waals surface area (Å²) >= 11 is 0. The fourth-order valence-corrected chi connectivity index (χ4v) is 5.55. The Morgan fingerprint density at radius 1 is 0.846 bits per heavy atom. The predicted molar refractivity (Wildman–Crippen MR) is 147 cm³/mol. The van der Waals surface area contributed by atoms with Gasteiger partial charge < -0.3 is 24.3 Å². The van der Waals surface area contributed by atoms with Crippen LogP contribution in [0.2, 0.25) is 0 Å². The number of hydrogen-bond donors (Lipinski definition) is 1. The van der Waals surface area contributed by atoms with Gasteiger partial charge in [-0.05, 0) is 59.9 Å². The Hall–Kier alpha value is -4.52. The molecule has 0 radical (unpaired) electrons. The number of nitrogens with one attached hydrogen (secondary N) is 1. The second-order valence-electron chi connectivity index (χ2n) is 9.65. The van der Waals surface area contributed by atoms with Gasteiger partial charge in [0.25, 0.3) is 0 Å². The van der Waals surface area contributed by atoms with Crippen molar-refractivity contribution in [3.63, 3.8) is 0 Å². The molecule has 0 saturated carbocycles. The summed E-state index contributed by atoms with van der Waals surface area (Å²) in [5.74, 6) is 0.687. The van der Waals surface area contributed by atoms with Gasteiger partial charge in [-0.2, -0.15) is 0 Å². The zero-order valence-corrected chi connectivity index (χ0v) is 22.2. The largest absolute Gasteiger partial charge is 0.493 e. The summed E-state index contributed by atoms with van der Waals surface area (Å²) in [5.41, 5.74) is 3.62. The van der Waals surface area contributed by atoms with Crippen LogP contribution in [-0.2, 0) is 14.3 Å². The zero-order chi connectivity index (χ0) is 27.5. The Labute approximate surface area is 228 Å². The van der Waals surface area contributed by atoms with E-state index in [0.29, 0.717) is 47.1 Å². The van der Waals surface area contributed by atoms with Crippen LogP contribution < -0.4 is 19.5 Å². The molecule has 3 aromatic carbocycles. The first kappa shape index (κ1) is 26.1. The maximum atomic E-state index is 13.8. The molecule has 0 saturated heterocycles. The molecule has 0 spiro atoms. The number of benzene rings is 3. The topological polar surface area (TPSA) is 83.1 Å². The summed E-state index contributed by atoms with van der Waals surface area (Å²) in [6, 6.07) is 22.7. The number of allylic oxidation sites excluding steroid dienone is 2. The second kappa shape index (κ2) is 11.1. The first-order chi connectivity index (χ1) is 18.9. The molecule has 1 heterocycles. The summed E-state index contributed by atoms with van der Waals surface area (Å²) in [7, 11) is 4.53. The van der Waals surface area contributed by atoms with Gasteiger partial charge >= 0.3 is 5.97 Å². The molecule has 1 aliphatic carbocycles. The minimum atomic E-state index is -0.762. The fourth-order valence-electron chi connectivity index (χ4n) is 5.55. The molecule has 7 heteroatoms. The van der Waals surface area contributed by atoms with Crippen molar-refractivity contribution in [1.29, 1.82) is 0 Å². The summed E-state index contributed by atoms with van der Waals surface area (Å²) in [4.78, 5) is 26.9. The lowest BCUT2D eigenvalue weighted by Crippen LogP contribution is -2.42. The molecule has 0 bridgehead atoms. The molecule has 39 heavy (non-hydrogen) atoms. The second-order valence-corrected chi connectivity index (χ2v) is 9.65. The molecular weight excluding hydrogens is 494 g/mol. The van der Waals surface area contributed by atoms with Gasteiger partial charge in [-0.1, -0.05) is 43.0 Å². The quantitative estimate of drug-likeness (QED) is 0.385. The lowest BCUT2D eigenvalue weighted by molar-refractivity contribution is -0.144. The normalized spacial score (nSPS) is 20.5. The summed E-state index contributed by atoms with van der Waals surface area (Å²) in [6.07, 6.45) is 0.882. The standard InChI is InChI=1S/C32H31NO6/c1-19-29(32(35)38-4)30(21-9-8-12-24(15-21)39-23-10-6-5-7-11-23)31-25(33-19)16-22(17-26(31)34)20-13-14-27(36-2)28(18-20)37-3/h5-15,18,22,29-30,33H,1,16-17H2,2-4H3. The fraction of sp³-hybridized carbons (Fsp3) is 0.250. The number of rotatable bonds is 7. The Bertz CT molecular complexity index is 1440. The molecule has 5 rings (SSSR count). The molecule has 1 aliphatic heterocycles. The highest BCUT2D eigenvalue weighted by Crippen LogP contribution is 2.48. The average molecular weight is 526 g/mol. The Morgan fingerprint density at radius 2 is 1.59 bits per heavy atom. The minimum absolute atomic E-state index is 0.0238. The van der Waals surface area contributed by atoms with Crippen molar-refractivity contribution >= 4 is 11.8 Å². The highest BCUT2D eigenvalue weighted by Gasteiger charge is 2.45. The zero-order valence-electron chi connectivity index (χ0n) is 22.2. The van der Waals surface area contributed by atoms with E-state index in [9.17, 15) is 9.59 Å². The SMILES string of the molecule is C=C1NC2=C(C(=O)CC(c3ccc(OC)c(OC)c3)C2)C(c2cccc(Oc3ccccc3)c2)C1C(=O)OC. The first-order valence-electron chi connectivity index (χ1n) is 12.8. The van der Waals surface area contributed by atoms with Crippen molar-refractivity contribution in [3.05, 3.63) is 107 Å². The van der Waals surface area contributed by atoms with Crippen molar-refractivity contribution in [2.45, 2.75) is 24.7 Å². The van der Waals surface area contributed by atoms with Gasteiger partial charge in [0, 0.05) is 29.3 Å². The molecule has 200 valence electrons. The summed E-state index contributed by atoms with van der Waals surface area (Å²) in [6.45, 7) is 4.17. The van der Waals surface area contributed by atoms with Gasteiger partial charge in [-0.3, -0.25) is 9.59 Å². The lowest BCUT2D eigenvalue weighted by atomic mass is 9.69. The third-order valence-corrected chi connectivity index (χ3v) is 7.37. The van der Waals surface area contributed by atoms with Crippen LogP contribution in [0.1, 0.15) is 35.8 Å². The van der Waals surface area contributed by atoms with E-state index >= 15 is 0 Å². The first-order valence-corrected chi connectivity index (χ1v) is 12.8. The maximum Gasteiger partial charge on any atom is 0.315 e. The molecule has 0 aromatic heterocycles. The highest BCUT2D eigenvalue weighted by molar-refractivity contribution is 6.01. The number of esters is 1. The number of carbonyl (C=O) groups is 2. The number of ketones is 1. The molecule has 0 amide bonds. The van der Waals surface area contributed by atoms with Crippen LogP contribution in [0.4, 0.5) is 0 Å². The van der Waals surface area contributed by atoms with Crippen LogP contribution in [0.15, 0.2) is 96.3 Å². The van der Waals surface area contributed by atoms with Gasteiger partial charge in [0.1, 0.15) is 17.4 Å². The van der Waals surface area contributed by atoms with Crippen LogP contribution in [-0.4, -0.2) is 33.1 Å². The Balaban J connectivity index is 1.54. The number of Topliss-reactive ketones (excluding diaryl/α,β-unsaturated/α-hetero) is 1.